The predicted octanol–water partition coefficient (Wildman–Crippen LogP) is 2.43. The number of aliphatic hydroxyl groups excluding tert-OH is 1. The highest BCUT2D eigenvalue weighted by atomic mass is 19.1. The fourth-order valence-electron chi connectivity index (χ4n) is 2.41. The Hall–Kier alpha value is -1.86. The van der Waals surface area contributed by atoms with Gasteiger partial charge in [-0.2, -0.15) is 0 Å². The summed E-state index contributed by atoms with van der Waals surface area (Å²) < 4.78 is 13.9. The van der Waals surface area contributed by atoms with Crippen molar-refractivity contribution in [2.24, 2.45) is 5.92 Å². The van der Waals surface area contributed by atoms with E-state index in [-0.39, 0.29) is 18.1 Å². The topological polar surface area (TPSA) is 40.5 Å². The first-order chi connectivity index (χ1) is 10.2. The second-order valence-electron chi connectivity index (χ2n) is 5.30. The van der Waals surface area contributed by atoms with Crippen LogP contribution in [0.15, 0.2) is 18.2 Å². The Morgan fingerprint density at radius 2 is 2.24 bits per heavy atom. The van der Waals surface area contributed by atoms with Gasteiger partial charge in [-0.05, 0) is 43.9 Å². The molecular weight excluding hydrogens is 269 g/mol. The van der Waals surface area contributed by atoms with Crippen molar-refractivity contribution in [3.05, 3.63) is 35.1 Å². The molecule has 1 fully saturated rings. The van der Waals surface area contributed by atoms with Crippen molar-refractivity contribution in [1.29, 1.82) is 0 Å². The highest BCUT2D eigenvalue weighted by Crippen LogP contribution is 2.27. The maximum atomic E-state index is 13.9. The Kier molecular flexibility index (Phi) is 5.35. The third-order valence-corrected chi connectivity index (χ3v) is 3.89. The molecule has 0 heterocycles. The van der Waals surface area contributed by atoms with Crippen LogP contribution in [0.4, 0.5) is 4.39 Å². The SMILES string of the molecule is CCN(CC1CCC1)C(=O)c1ccc(C#CCO)c(F)c1. The maximum absolute atomic E-state index is 13.9. The summed E-state index contributed by atoms with van der Waals surface area (Å²) in [7, 11) is 0. The number of aliphatic hydroxyl groups is 1. The summed E-state index contributed by atoms with van der Waals surface area (Å²) in [6, 6.07) is 4.31. The van der Waals surface area contributed by atoms with Gasteiger partial charge >= 0.3 is 0 Å². The van der Waals surface area contributed by atoms with E-state index >= 15 is 0 Å². The first-order valence-electron chi connectivity index (χ1n) is 7.34. The van der Waals surface area contributed by atoms with Crippen molar-refractivity contribution < 1.29 is 14.3 Å². The number of nitrogens with zero attached hydrogens (tertiary/aromatic N) is 1. The van der Waals surface area contributed by atoms with Crippen molar-refractivity contribution in [3.8, 4) is 11.8 Å². The van der Waals surface area contributed by atoms with Crippen molar-refractivity contribution in [1.82, 2.24) is 4.90 Å². The summed E-state index contributed by atoms with van der Waals surface area (Å²) in [6.45, 7) is 3.01. The molecule has 3 nitrogen and oxygen atoms in total. The zero-order chi connectivity index (χ0) is 15.2. The van der Waals surface area contributed by atoms with Crippen LogP contribution in [-0.4, -0.2) is 35.6 Å². The highest BCUT2D eigenvalue weighted by Gasteiger charge is 2.23. The molecule has 0 saturated heterocycles. The zero-order valence-electron chi connectivity index (χ0n) is 12.2. The van der Waals surface area contributed by atoms with Crippen LogP contribution >= 0.6 is 0 Å². The van der Waals surface area contributed by atoms with Crippen LogP contribution in [-0.2, 0) is 0 Å². The number of hydrogen-bond acceptors (Lipinski definition) is 2. The quantitative estimate of drug-likeness (QED) is 0.865. The number of carbonyl (C=O) groups excluding carboxylic acids is 1. The summed E-state index contributed by atoms with van der Waals surface area (Å²) in [5.74, 6) is 4.85. The van der Waals surface area contributed by atoms with Gasteiger partial charge in [0.25, 0.3) is 5.91 Å². The van der Waals surface area contributed by atoms with E-state index in [0.29, 0.717) is 18.0 Å². The van der Waals surface area contributed by atoms with Crippen LogP contribution in [0.3, 0.4) is 0 Å². The molecule has 0 aromatic heterocycles. The first kappa shape index (κ1) is 15.5. The van der Waals surface area contributed by atoms with E-state index in [1.807, 2.05) is 6.92 Å². The lowest BCUT2D eigenvalue weighted by atomic mass is 9.85. The normalized spacial score (nSPS) is 14.0. The minimum absolute atomic E-state index is 0.134. The molecule has 1 amide bonds. The molecule has 0 bridgehead atoms. The molecule has 0 unspecified atom stereocenters. The van der Waals surface area contributed by atoms with Gasteiger partial charge in [-0.1, -0.05) is 18.3 Å². The van der Waals surface area contributed by atoms with E-state index in [2.05, 4.69) is 11.8 Å². The second kappa shape index (κ2) is 7.24. The minimum atomic E-state index is -0.526. The maximum Gasteiger partial charge on any atom is 0.253 e. The molecule has 1 saturated carbocycles. The molecule has 21 heavy (non-hydrogen) atoms. The number of rotatable bonds is 4. The lowest BCUT2D eigenvalue weighted by molar-refractivity contribution is 0.0706. The van der Waals surface area contributed by atoms with Gasteiger partial charge in [0.2, 0.25) is 0 Å². The Morgan fingerprint density at radius 1 is 1.48 bits per heavy atom. The Labute approximate surface area is 124 Å². The van der Waals surface area contributed by atoms with E-state index in [4.69, 9.17) is 5.11 Å². The molecule has 2 rings (SSSR count). The average molecular weight is 289 g/mol. The number of carbonyl (C=O) groups is 1. The average Bonchev–Trinajstić information content (AvgIpc) is 2.44. The predicted molar refractivity (Wildman–Crippen MR) is 79.3 cm³/mol. The summed E-state index contributed by atoms with van der Waals surface area (Å²) >= 11 is 0. The third kappa shape index (κ3) is 3.83. The van der Waals surface area contributed by atoms with E-state index < -0.39 is 5.82 Å². The van der Waals surface area contributed by atoms with Crippen LogP contribution in [0.5, 0.6) is 0 Å². The Balaban J connectivity index is 2.11. The summed E-state index contributed by atoms with van der Waals surface area (Å²) in [5.41, 5.74) is 0.547. The summed E-state index contributed by atoms with van der Waals surface area (Å²) in [6.07, 6.45) is 3.59. The number of halogens is 1. The first-order valence-corrected chi connectivity index (χ1v) is 7.34. The number of hydrogen-bond donors (Lipinski definition) is 1. The molecule has 0 atom stereocenters. The van der Waals surface area contributed by atoms with Gasteiger partial charge in [0.15, 0.2) is 0 Å². The van der Waals surface area contributed by atoms with Crippen molar-refractivity contribution in [2.75, 3.05) is 19.7 Å². The largest absolute Gasteiger partial charge is 0.384 e. The molecule has 0 aliphatic heterocycles. The molecule has 1 aromatic rings. The number of benzene rings is 1. The van der Waals surface area contributed by atoms with Gasteiger partial charge in [0.05, 0.1) is 5.56 Å². The standard InChI is InChI=1S/C17H20FNO2/c1-2-19(12-13-5-3-6-13)17(21)15-9-8-14(7-4-10-20)16(18)11-15/h8-9,11,13,20H,2-3,5-6,10,12H2,1H3. The minimum Gasteiger partial charge on any atom is -0.384 e. The molecule has 0 spiro atoms. The fourth-order valence-corrected chi connectivity index (χ4v) is 2.41. The van der Waals surface area contributed by atoms with Gasteiger partial charge in [-0.25, -0.2) is 4.39 Å². The highest BCUT2D eigenvalue weighted by molar-refractivity contribution is 5.94. The van der Waals surface area contributed by atoms with Crippen LogP contribution in [0.25, 0.3) is 0 Å². The van der Waals surface area contributed by atoms with Crippen LogP contribution < -0.4 is 0 Å². The number of amides is 1. The smallest absolute Gasteiger partial charge is 0.253 e. The van der Waals surface area contributed by atoms with Gasteiger partial charge < -0.3 is 10.0 Å². The van der Waals surface area contributed by atoms with E-state index in [1.165, 1.54) is 31.4 Å². The summed E-state index contributed by atoms with van der Waals surface area (Å²) in [4.78, 5) is 14.2. The molecule has 0 radical (unpaired) electrons. The lowest BCUT2D eigenvalue weighted by Crippen LogP contribution is -2.37. The van der Waals surface area contributed by atoms with E-state index in [9.17, 15) is 9.18 Å². The molecule has 112 valence electrons. The van der Waals surface area contributed by atoms with Gasteiger partial charge in [-0.3, -0.25) is 4.79 Å². The second-order valence-corrected chi connectivity index (χ2v) is 5.30. The van der Waals surface area contributed by atoms with Crippen LogP contribution in [0.1, 0.15) is 42.1 Å². The Morgan fingerprint density at radius 3 is 2.76 bits per heavy atom. The van der Waals surface area contributed by atoms with Crippen molar-refractivity contribution in [3.63, 3.8) is 0 Å². The summed E-state index contributed by atoms with van der Waals surface area (Å²) in [5, 5.41) is 8.62. The zero-order valence-corrected chi connectivity index (χ0v) is 12.2. The van der Waals surface area contributed by atoms with Gasteiger partial charge in [0, 0.05) is 18.7 Å². The molecule has 1 aliphatic rings. The lowest BCUT2D eigenvalue weighted by Gasteiger charge is -2.31. The van der Waals surface area contributed by atoms with E-state index in [0.717, 1.165) is 6.54 Å². The third-order valence-electron chi connectivity index (χ3n) is 3.89. The molecular formula is C17H20FNO2. The molecule has 4 heteroatoms. The van der Waals surface area contributed by atoms with Crippen LogP contribution in [0.2, 0.25) is 0 Å². The van der Waals surface area contributed by atoms with Crippen LogP contribution in [0, 0.1) is 23.6 Å². The fraction of sp³-hybridized carbons (Fsp3) is 0.471. The van der Waals surface area contributed by atoms with Gasteiger partial charge in [0.1, 0.15) is 12.4 Å². The van der Waals surface area contributed by atoms with Crippen molar-refractivity contribution >= 4 is 5.91 Å². The molecule has 1 aromatic carbocycles. The Bertz CT molecular complexity index is 570. The van der Waals surface area contributed by atoms with Gasteiger partial charge in [-0.15, -0.1) is 0 Å². The van der Waals surface area contributed by atoms with Crippen molar-refractivity contribution in [2.45, 2.75) is 26.2 Å². The molecule has 1 aliphatic carbocycles. The van der Waals surface area contributed by atoms with E-state index in [1.54, 1.807) is 11.0 Å². The molecule has 1 N–H and O–H groups in total. The monoisotopic (exact) mass is 289 g/mol.